The lowest BCUT2D eigenvalue weighted by Gasteiger charge is -2.29. The highest BCUT2D eigenvalue weighted by Crippen LogP contribution is 2.35. The van der Waals surface area contributed by atoms with Gasteiger partial charge in [-0.05, 0) is 26.7 Å². The summed E-state index contributed by atoms with van der Waals surface area (Å²) in [5, 5.41) is 8.90. The molecular weight excluding hydrogens is 274 g/mol. The van der Waals surface area contributed by atoms with E-state index in [0.29, 0.717) is 6.04 Å². The third kappa shape index (κ3) is 3.35. The number of aryl methyl sites for hydroxylation is 2. The van der Waals surface area contributed by atoms with Crippen molar-refractivity contribution in [1.29, 1.82) is 0 Å². The number of hydrogen-bond acceptors (Lipinski definition) is 3. The van der Waals surface area contributed by atoms with Gasteiger partial charge in [0.2, 0.25) is 0 Å². The molecule has 0 saturated carbocycles. The number of halogens is 1. The first kappa shape index (κ1) is 15.8. The van der Waals surface area contributed by atoms with Crippen LogP contribution >= 0.6 is 11.6 Å². The van der Waals surface area contributed by atoms with Crippen LogP contribution in [0.25, 0.3) is 0 Å². The van der Waals surface area contributed by atoms with Crippen molar-refractivity contribution >= 4 is 11.6 Å². The van der Waals surface area contributed by atoms with E-state index in [1.165, 1.54) is 0 Å². The van der Waals surface area contributed by atoms with Crippen LogP contribution in [0.15, 0.2) is 0 Å². The normalized spacial score (nSPS) is 22.9. The highest BCUT2D eigenvalue weighted by molar-refractivity contribution is 6.31. The minimum Gasteiger partial charge on any atom is -0.381 e. The summed E-state index contributed by atoms with van der Waals surface area (Å²) in [4.78, 5) is 0. The van der Waals surface area contributed by atoms with Crippen molar-refractivity contribution in [2.45, 2.75) is 53.1 Å². The Morgan fingerprint density at radius 1 is 1.50 bits per heavy atom. The van der Waals surface area contributed by atoms with E-state index in [1.54, 1.807) is 0 Å². The SMILES string of the molecule is CCn1nc(C)c(Cl)c1CC1(CNC(C)C)CCOC1. The Labute approximate surface area is 126 Å². The standard InChI is InChI=1S/C15H26ClN3O/c1-5-19-13(14(16)12(4)18-19)8-15(6-7-20-10-15)9-17-11(2)3/h11,17H,5-10H2,1-4H3. The molecular formula is C15H26ClN3O. The molecule has 1 saturated heterocycles. The molecule has 0 bridgehead atoms. The van der Waals surface area contributed by atoms with E-state index in [-0.39, 0.29) is 5.41 Å². The minimum absolute atomic E-state index is 0.146. The van der Waals surface area contributed by atoms with Gasteiger partial charge in [0.1, 0.15) is 0 Å². The predicted octanol–water partition coefficient (Wildman–Crippen LogP) is 2.81. The maximum atomic E-state index is 6.45. The van der Waals surface area contributed by atoms with Crippen LogP contribution in [0.5, 0.6) is 0 Å². The monoisotopic (exact) mass is 299 g/mol. The van der Waals surface area contributed by atoms with Gasteiger partial charge in [-0.25, -0.2) is 0 Å². The van der Waals surface area contributed by atoms with Crippen molar-refractivity contribution in [3.63, 3.8) is 0 Å². The van der Waals surface area contributed by atoms with Gasteiger partial charge >= 0.3 is 0 Å². The number of nitrogens with one attached hydrogen (secondary N) is 1. The van der Waals surface area contributed by atoms with E-state index in [2.05, 4.69) is 31.2 Å². The van der Waals surface area contributed by atoms with Crippen molar-refractivity contribution in [3.8, 4) is 0 Å². The topological polar surface area (TPSA) is 39.1 Å². The second-order valence-corrected chi connectivity index (χ2v) is 6.55. The molecule has 5 heteroatoms. The Kier molecular flexibility index (Phi) is 5.10. The zero-order valence-corrected chi connectivity index (χ0v) is 13.8. The molecule has 114 valence electrons. The summed E-state index contributed by atoms with van der Waals surface area (Å²) in [6.07, 6.45) is 2.01. The fourth-order valence-corrected chi connectivity index (χ4v) is 3.01. The molecule has 0 aliphatic carbocycles. The summed E-state index contributed by atoms with van der Waals surface area (Å²) >= 11 is 6.45. The van der Waals surface area contributed by atoms with Gasteiger partial charge in [0.25, 0.3) is 0 Å². The van der Waals surface area contributed by atoms with Crippen LogP contribution in [-0.4, -0.2) is 35.6 Å². The summed E-state index contributed by atoms with van der Waals surface area (Å²) in [5.74, 6) is 0. The number of rotatable bonds is 6. The van der Waals surface area contributed by atoms with Crippen LogP contribution in [0.2, 0.25) is 5.02 Å². The van der Waals surface area contributed by atoms with Crippen LogP contribution in [0.4, 0.5) is 0 Å². The van der Waals surface area contributed by atoms with Crippen LogP contribution in [0.3, 0.4) is 0 Å². The van der Waals surface area contributed by atoms with E-state index in [0.717, 1.165) is 55.6 Å². The van der Waals surface area contributed by atoms with E-state index in [1.807, 2.05) is 11.6 Å². The zero-order valence-electron chi connectivity index (χ0n) is 13.0. The lowest BCUT2D eigenvalue weighted by molar-refractivity contribution is 0.146. The largest absolute Gasteiger partial charge is 0.381 e. The summed E-state index contributed by atoms with van der Waals surface area (Å²) < 4.78 is 7.71. The van der Waals surface area contributed by atoms with Gasteiger partial charge in [0, 0.05) is 31.2 Å². The third-order valence-electron chi connectivity index (χ3n) is 4.07. The maximum absolute atomic E-state index is 6.45. The quantitative estimate of drug-likeness (QED) is 0.878. The highest BCUT2D eigenvalue weighted by Gasteiger charge is 2.37. The van der Waals surface area contributed by atoms with Crippen LogP contribution < -0.4 is 5.32 Å². The van der Waals surface area contributed by atoms with E-state index >= 15 is 0 Å². The zero-order chi connectivity index (χ0) is 14.8. The smallest absolute Gasteiger partial charge is 0.0847 e. The molecule has 1 N–H and O–H groups in total. The lowest BCUT2D eigenvalue weighted by atomic mass is 9.82. The van der Waals surface area contributed by atoms with Gasteiger partial charge in [0.15, 0.2) is 0 Å². The lowest BCUT2D eigenvalue weighted by Crippen LogP contribution is -2.40. The Morgan fingerprint density at radius 3 is 2.80 bits per heavy atom. The molecule has 0 aromatic carbocycles. The Balaban J connectivity index is 2.20. The molecule has 1 aliphatic rings. The predicted molar refractivity (Wildman–Crippen MR) is 82.4 cm³/mol. The molecule has 0 radical (unpaired) electrons. The molecule has 1 unspecified atom stereocenters. The number of aromatic nitrogens is 2. The first-order valence-electron chi connectivity index (χ1n) is 7.50. The Hall–Kier alpha value is -0.580. The summed E-state index contributed by atoms with van der Waals surface area (Å²) in [6.45, 7) is 11.9. The molecule has 1 aromatic heterocycles. The molecule has 4 nitrogen and oxygen atoms in total. The van der Waals surface area contributed by atoms with Crippen molar-refractivity contribution < 1.29 is 4.74 Å². The van der Waals surface area contributed by atoms with Gasteiger partial charge in [-0.3, -0.25) is 4.68 Å². The van der Waals surface area contributed by atoms with Gasteiger partial charge in [-0.1, -0.05) is 25.4 Å². The molecule has 1 fully saturated rings. The van der Waals surface area contributed by atoms with E-state index in [9.17, 15) is 0 Å². The second-order valence-electron chi connectivity index (χ2n) is 6.18. The van der Waals surface area contributed by atoms with Gasteiger partial charge in [-0.2, -0.15) is 5.10 Å². The fraction of sp³-hybridized carbons (Fsp3) is 0.800. The van der Waals surface area contributed by atoms with Crippen LogP contribution in [0.1, 0.15) is 38.6 Å². The maximum Gasteiger partial charge on any atom is 0.0847 e. The fourth-order valence-electron chi connectivity index (χ4n) is 2.80. The number of hydrogen-bond donors (Lipinski definition) is 1. The Bertz CT molecular complexity index is 450. The molecule has 1 aliphatic heterocycles. The van der Waals surface area contributed by atoms with Crippen molar-refractivity contribution in [1.82, 2.24) is 15.1 Å². The first-order valence-corrected chi connectivity index (χ1v) is 7.88. The average molecular weight is 300 g/mol. The summed E-state index contributed by atoms with van der Waals surface area (Å²) in [5.41, 5.74) is 2.23. The molecule has 1 atom stereocenters. The molecule has 2 rings (SSSR count). The molecule has 0 amide bonds. The number of nitrogens with zero attached hydrogens (tertiary/aromatic N) is 2. The second kappa shape index (κ2) is 6.46. The highest BCUT2D eigenvalue weighted by atomic mass is 35.5. The Morgan fingerprint density at radius 2 is 2.25 bits per heavy atom. The van der Waals surface area contributed by atoms with Crippen LogP contribution in [0, 0.1) is 12.3 Å². The summed E-state index contributed by atoms with van der Waals surface area (Å²) in [6, 6.07) is 0.487. The molecule has 1 aromatic rings. The first-order chi connectivity index (χ1) is 9.47. The van der Waals surface area contributed by atoms with Crippen LogP contribution in [-0.2, 0) is 17.7 Å². The molecule has 0 spiro atoms. The summed E-state index contributed by atoms with van der Waals surface area (Å²) in [7, 11) is 0. The van der Waals surface area contributed by atoms with Crippen molar-refractivity contribution in [2.24, 2.45) is 5.41 Å². The van der Waals surface area contributed by atoms with Gasteiger partial charge in [-0.15, -0.1) is 0 Å². The van der Waals surface area contributed by atoms with Crippen molar-refractivity contribution in [2.75, 3.05) is 19.8 Å². The molecule has 2 heterocycles. The molecule has 20 heavy (non-hydrogen) atoms. The third-order valence-corrected chi connectivity index (χ3v) is 4.56. The van der Waals surface area contributed by atoms with E-state index in [4.69, 9.17) is 16.3 Å². The van der Waals surface area contributed by atoms with E-state index < -0.39 is 0 Å². The number of ether oxygens (including phenoxy) is 1. The minimum atomic E-state index is 0.146. The van der Waals surface area contributed by atoms with Crippen molar-refractivity contribution in [3.05, 3.63) is 16.4 Å². The average Bonchev–Trinajstić information content (AvgIpc) is 2.97. The van der Waals surface area contributed by atoms with Gasteiger partial charge in [0.05, 0.1) is 23.0 Å². The van der Waals surface area contributed by atoms with Gasteiger partial charge < -0.3 is 10.1 Å².